The average Bonchev–Trinajstić information content (AvgIpc) is 2.77. The number of hydrogen-bond donors (Lipinski definition) is 2. The highest BCUT2D eigenvalue weighted by Crippen LogP contribution is 2.30. The number of halogens is 1. The van der Waals surface area contributed by atoms with Gasteiger partial charge in [-0.15, -0.1) is 0 Å². The molecule has 0 radical (unpaired) electrons. The van der Waals surface area contributed by atoms with Gasteiger partial charge in [0.05, 0.1) is 11.2 Å². The van der Waals surface area contributed by atoms with Crippen molar-refractivity contribution in [3.05, 3.63) is 33.8 Å². The molecule has 2 rings (SSSR count). The van der Waals surface area contributed by atoms with Gasteiger partial charge in [0.2, 0.25) is 0 Å². The molecule has 1 fully saturated rings. The summed E-state index contributed by atoms with van der Waals surface area (Å²) in [7, 11) is 1.98. The van der Waals surface area contributed by atoms with Gasteiger partial charge in [-0.3, -0.25) is 4.90 Å². The molecule has 0 aromatic heterocycles. The molecular weight excluding hydrogens is 322 g/mol. The maximum absolute atomic E-state index is 10.9. The van der Waals surface area contributed by atoms with Crippen molar-refractivity contribution < 1.29 is 15.0 Å². The van der Waals surface area contributed by atoms with E-state index in [1.165, 1.54) is 0 Å². The SMILES string of the molecule is CN(Cc1ccc(C(=O)O)cc1Br)CC1(O)CCCC1. The first-order valence-corrected chi connectivity index (χ1v) is 7.62. The number of rotatable bonds is 5. The summed E-state index contributed by atoms with van der Waals surface area (Å²) in [6.45, 7) is 1.34. The second kappa shape index (κ2) is 6.24. The quantitative estimate of drug-likeness (QED) is 0.864. The smallest absolute Gasteiger partial charge is 0.335 e. The fourth-order valence-electron chi connectivity index (χ4n) is 2.85. The van der Waals surface area contributed by atoms with Gasteiger partial charge in [0.25, 0.3) is 0 Å². The molecule has 1 aromatic rings. The maximum atomic E-state index is 10.9. The van der Waals surface area contributed by atoms with Crippen LogP contribution in [0.2, 0.25) is 0 Å². The molecule has 4 nitrogen and oxygen atoms in total. The third-order valence-corrected chi connectivity index (χ3v) is 4.58. The average molecular weight is 342 g/mol. The van der Waals surface area contributed by atoms with Crippen molar-refractivity contribution in [3.8, 4) is 0 Å². The van der Waals surface area contributed by atoms with E-state index >= 15 is 0 Å². The van der Waals surface area contributed by atoms with Crippen LogP contribution in [0.1, 0.15) is 41.6 Å². The Morgan fingerprint density at radius 3 is 2.60 bits per heavy atom. The monoisotopic (exact) mass is 341 g/mol. The molecule has 1 aliphatic carbocycles. The van der Waals surface area contributed by atoms with E-state index in [1.54, 1.807) is 12.1 Å². The Morgan fingerprint density at radius 1 is 1.40 bits per heavy atom. The van der Waals surface area contributed by atoms with Crippen LogP contribution in [0.4, 0.5) is 0 Å². The number of likely N-dealkylation sites (N-methyl/N-ethyl adjacent to an activating group) is 1. The van der Waals surface area contributed by atoms with E-state index in [-0.39, 0.29) is 5.56 Å². The van der Waals surface area contributed by atoms with Gasteiger partial charge in [0.1, 0.15) is 0 Å². The molecule has 110 valence electrons. The number of aliphatic hydroxyl groups is 1. The molecule has 0 saturated heterocycles. The number of carbonyl (C=O) groups is 1. The molecule has 0 spiro atoms. The van der Waals surface area contributed by atoms with Gasteiger partial charge in [-0.05, 0) is 37.6 Å². The molecule has 0 amide bonds. The third kappa shape index (κ3) is 3.81. The minimum absolute atomic E-state index is 0.276. The van der Waals surface area contributed by atoms with Crippen LogP contribution in [0.25, 0.3) is 0 Å². The number of benzene rings is 1. The Hall–Kier alpha value is -0.910. The van der Waals surface area contributed by atoms with Crippen molar-refractivity contribution in [2.24, 2.45) is 0 Å². The second-order valence-electron chi connectivity index (χ2n) is 5.72. The van der Waals surface area contributed by atoms with Crippen molar-refractivity contribution in [2.45, 2.75) is 37.8 Å². The summed E-state index contributed by atoms with van der Waals surface area (Å²) in [5, 5.41) is 19.3. The van der Waals surface area contributed by atoms with Crippen molar-refractivity contribution in [3.63, 3.8) is 0 Å². The standard InChI is InChI=1S/C15H20BrNO3/c1-17(10-15(20)6-2-3-7-15)9-12-5-4-11(14(18)19)8-13(12)16/h4-5,8,20H,2-3,6-7,9-10H2,1H3,(H,18,19). The molecule has 20 heavy (non-hydrogen) atoms. The molecule has 0 unspecified atom stereocenters. The number of nitrogens with zero attached hydrogens (tertiary/aromatic N) is 1. The van der Waals surface area contributed by atoms with Gasteiger partial charge in [-0.1, -0.05) is 34.8 Å². The van der Waals surface area contributed by atoms with Crippen LogP contribution in [0, 0.1) is 0 Å². The summed E-state index contributed by atoms with van der Waals surface area (Å²) in [6, 6.07) is 5.05. The van der Waals surface area contributed by atoms with Crippen LogP contribution in [-0.2, 0) is 6.54 Å². The van der Waals surface area contributed by atoms with E-state index in [4.69, 9.17) is 5.11 Å². The highest BCUT2D eigenvalue weighted by atomic mass is 79.9. The van der Waals surface area contributed by atoms with Gasteiger partial charge in [-0.2, -0.15) is 0 Å². The number of hydrogen-bond acceptors (Lipinski definition) is 3. The first-order chi connectivity index (χ1) is 9.39. The fraction of sp³-hybridized carbons (Fsp3) is 0.533. The van der Waals surface area contributed by atoms with Crippen molar-refractivity contribution in [1.29, 1.82) is 0 Å². The maximum Gasteiger partial charge on any atom is 0.335 e. The lowest BCUT2D eigenvalue weighted by atomic mass is 10.0. The summed E-state index contributed by atoms with van der Waals surface area (Å²) in [6.07, 6.45) is 3.94. The molecule has 1 saturated carbocycles. The van der Waals surface area contributed by atoms with Gasteiger partial charge in [0, 0.05) is 17.6 Å². The Morgan fingerprint density at radius 2 is 2.05 bits per heavy atom. The summed E-state index contributed by atoms with van der Waals surface area (Å²) in [5.41, 5.74) is 0.749. The van der Waals surface area contributed by atoms with Crippen LogP contribution in [0.5, 0.6) is 0 Å². The largest absolute Gasteiger partial charge is 0.478 e. The molecular formula is C15H20BrNO3. The zero-order valence-corrected chi connectivity index (χ0v) is 13.2. The van der Waals surface area contributed by atoms with E-state index in [0.29, 0.717) is 13.1 Å². The van der Waals surface area contributed by atoms with Crippen molar-refractivity contribution in [2.75, 3.05) is 13.6 Å². The molecule has 2 N–H and O–H groups in total. The van der Waals surface area contributed by atoms with Crippen LogP contribution in [0.15, 0.2) is 22.7 Å². The second-order valence-corrected chi connectivity index (χ2v) is 6.57. The minimum atomic E-state index is -0.925. The normalized spacial score (nSPS) is 17.6. The van der Waals surface area contributed by atoms with Gasteiger partial charge in [0.15, 0.2) is 0 Å². The van der Waals surface area contributed by atoms with Gasteiger partial charge >= 0.3 is 5.97 Å². The summed E-state index contributed by atoms with van der Waals surface area (Å²) < 4.78 is 0.794. The lowest BCUT2D eigenvalue weighted by Gasteiger charge is -2.28. The lowest BCUT2D eigenvalue weighted by molar-refractivity contribution is 0.0145. The van der Waals surface area contributed by atoms with Crippen LogP contribution >= 0.6 is 15.9 Å². The number of carboxylic acid groups (broad SMARTS) is 1. The predicted octanol–water partition coefficient (Wildman–Crippen LogP) is 2.88. The van der Waals surface area contributed by atoms with Crippen LogP contribution in [0.3, 0.4) is 0 Å². The van der Waals surface area contributed by atoms with E-state index < -0.39 is 11.6 Å². The molecule has 5 heteroatoms. The van der Waals surface area contributed by atoms with E-state index in [2.05, 4.69) is 20.8 Å². The Bertz CT molecular complexity index is 498. The van der Waals surface area contributed by atoms with E-state index in [9.17, 15) is 9.90 Å². The first-order valence-electron chi connectivity index (χ1n) is 6.82. The predicted molar refractivity (Wildman–Crippen MR) is 80.9 cm³/mol. The Labute approximate surface area is 127 Å². The van der Waals surface area contributed by atoms with Crippen molar-refractivity contribution >= 4 is 21.9 Å². The van der Waals surface area contributed by atoms with Crippen LogP contribution < -0.4 is 0 Å². The van der Waals surface area contributed by atoms with Gasteiger partial charge in [-0.25, -0.2) is 4.79 Å². The number of carboxylic acids is 1. The molecule has 0 aliphatic heterocycles. The third-order valence-electron chi connectivity index (χ3n) is 3.84. The van der Waals surface area contributed by atoms with Crippen LogP contribution in [-0.4, -0.2) is 40.3 Å². The molecule has 0 heterocycles. The lowest BCUT2D eigenvalue weighted by Crippen LogP contribution is -2.38. The zero-order valence-electron chi connectivity index (χ0n) is 11.6. The topological polar surface area (TPSA) is 60.8 Å². The fourth-order valence-corrected chi connectivity index (χ4v) is 3.35. The molecule has 1 aliphatic rings. The first kappa shape index (κ1) is 15.5. The highest BCUT2D eigenvalue weighted by Gasteiger charge is 2.32. The highest BCUT2D eigenvalue weighted by molar-refractivity contribution is 9.10. The number of aromatic carboxylic acids is 1. The summed E-state index contributed by atoms with van der Waals surface area (Å²) in [5.74, 6) is -0.925. The molecule has 0 atom stereocenters. The van der Waals surface area contributed by atoms with E-state index in [1.807, 2.05) is 13.1 Å². The van der Waals surface area contributed by atoms with Gasteiger partial charge < -0.3 is 10.2 Å². The summed E-state index contributed by atoms with van der Waals surface area (Å²) in [4.78, 5) is 13.0. The zero-order chi connectivity index (χ0) is 14.8. The van der Waals surface area contributed by atoms with Crippen molar-refractivity contribution in [1.82, 2.24) is 4.90 Å². The minimum Gasteiger partial charge on any atom is -0.478 e. The molecule has 0 bridgehead atoms. The summed E-state index contributed by atoms with van der Waals surface area (Å²) >= 11 is 3.42. The Kier molecular flexibility index (Phi) is 4.83. The Balaban J connectivity index is 2.00. The van der Waals surface area contributed by atoms with E-state index in [0.717, 1.165) is 35.7 Å². The molecule has 1 aromatic carbocycles.